The lowest BCUT2D eigenvalue weighted by atomic mass is 10.2. The molecule has 0 saturated carbocycles. The van der Waals surface area contributed by atoms with Crippen LogP contribution in [0, 0.1) is 0 Å². The summed E-state index contributed by atoms with van der Waals surface area (Å²) in [5, 5.41) is 8.83. The predicted molar refractivity (Wildman–Crippen MR) is 68.2 cm³/mol. The van der Waals surface area contributed by atoms with Crippen LogP contribution in [0.25, 0.3) is 0 Å². The summed E-state index contributed by atoms with van der Waals surface area (Å²) in [5.41, 5.74) is 0. The zero-order valence-corrected chi connectivity index (χ0v) is 11.2. The number of carbonyl (C=O) groups is 2. The number of amides is 1. The molecule has 1 fully saturated rings. The van der Waals surface area contributed by atoms with Gasteiger partial charge < -0.3 is 14.9 Å². The number of carboxylic acids is 1. The first kappa shape index (κ1) is 14.3. The van der Waals surface area contributed by atoms with E-state index in [1.165, 1.54) is 0 Å². The molecule has 1 aliphatic heterocycles. The second-order valence-corrected chi connectivity index (χ2v) is 5.62. The summed E-state index contributed by atoms with van der Waals surface area (Å²) in [5.74, 6) is 0.886. The molecule has 1 amide bonds. The first-order chi connectivity index (χ1) is 8.00. The standard InChI is InChI=1S/C11H20N2O3S/c1-12(2)4-3-10(14)13-5-6-17-8-9(13)7-11(15)16/h9H,3-8H2,1-2H3,(H,15,16). The fourth-order valence-electron chi connectivity index (χ4n) is 1.82. The van der Waals surface area contributed by atoms with Crippen LogP contribution in [0.4, 0.5) is 0 Å². The van der Waals surface area contributed by atoms with Gasteiger partial charge in [0.05, 0.1) is 12.5 Å². The molecule has 1 saturated heterocycles. The molecule has 0 spiro atoms. The lowest BCUT2D eigenvalue weighted by Crippen LogP contribution is -2.47. The Morgan fingerprint density at radius 3 is 2.76 bits per heavy atom. The van der Waals surface area contributed by atoms with E-state index in [4.69, 9.17) is 5.11 Å². The van der Waals surface area contributed by atoms with Gasteiger partial charge in [-0.05, 0) is 14.1 Å². The summed E-state index contributed by atoms with van der Waals surface area (Å²) in [6, 6.07) is -0.138. The van der Waals surface area contributed by atoms with Crippen LogP contribution in [-0.4, -0.2) is 71.5 Å². The molecule has 5 nitrogen and oxygen atoms in total. The topological polar surface area (TPSA) is 60.9 Å². The van der Waals surface area contributed by atoms with E-state index in [9.17, 15) is 9.59 Å². The average Bonchev–Trinajstić information content (AvgIpc) is 2.25. The van der Waals surface area contributed by atoms with Gasteiger partial charge in [0.15, 0.2) is 0 Å². The molecule has 1 heterocycles. The van der Waals surface area contributed by atoms with E-state index in [1.807, 2.05) is 19.0 Å². The lowest BCUT2D eigenvalue weighted by Gasteiger charge is -2.35. The summed E-state index contributed by atoms with van der Waals surface area (Å²) in [7, 11) is 3.85. The SMILES string of the molecule is CN(C)CCC(=O)N1CCSCC1CC(=O)O. The number of nitrogens with zero attached hydrogens (tertiary/aromatic N) is 2. The Hall–Kier alpha value is -0.750. The molecule has 1 aliphatic rings. The first-order valence-corrected chi connectivity index (χ1v) is 6.90. The third-order valence-corrected chi connectivity index (χ3v) is 3.82. The summed E-state index contributed by atoms with van der Waals surface area (Å²) < 4.78 is 0. The van der Waals surface area contributed by atoms with E-state index in [-0.39, 0.29) is 18.4 Å². The minimum atomic E-state index is -0.831. The quantitative estimate of drug-likeness (QED) is 0.773. The van der Waals surface area contributed by atoms with Crippen molar-refractivity contribution in [3.05, 3.63) is 0 Å². The van der Waals surface area contributed by atoms with E-state index < -0.39 is 5.97 Å². The monoisotopic (exact) mass is 260 g/mol. The Balaban J connectivity index is 2.51. The highest BCUT2D eigenvalue weighted by molar-refractivity contribution is 7.99. The zero-order chi connectivity index (χ0) is 12.8. The van der Waals surface area contributed by atoms with Crippen LogP contribution in [-0.2, 0) is 9.59 Å². The minimum absolute atomic E-state index is 0.0563. The highest BCUT2D eigenvalue weighted by atomic mass is 32.2. The smallest absolute Gasteiger partial charge is 0.305 e. The van der Waals surface area contributed by atoms with Crippen molar-refractivity contribution >= 4 is 23.6 Å². The van der Waals surface area contributed by atoms with Gasteiger partial charge in [0.25, 0.3) is 0 Å². The van der Waals surface area contributed by atoms with Gasteiger partial charge in [-0.25, -0.2) is 0 Å². The molecule has 1 atom stereocenters. The molecular weight excluding hydrogens is 240 g/mol. The molecule has 1 unspecified atom stereocenters. The molecule has 0 radical (unpaired) electrons. The molecule has 0 aliphatic carbocycles. The largest absolute Gasteiger partial charge is 0.481 e. The number of hydrogen-bond donors (Lipinski definition) is 1. The van der Waals surface area contributed by atoms with E-state index in [2.05, 4.69) is 0 Å². The Morgan fingerprint density at radius 1 is 1.47 bits per heavy atom. The minimum Gasteiger partial charge on any atom is -0.481 e. The molecular formula is C11H20N2O3S. The van der Waals surface area contributed by atoms with Crippen molar-refractivity contribution in [2.24, 2.45) is 0 Å². The lowest BCUT2D eigenvalue weighted by molar-refractivity contribution is -0.140. The molecule has 0 bridgehead atoms. The summed E-state index contributed by atoms with van der Waals surface area (Å²) in [4.78, 5) is 26.4. The molecule has 98 valence electrons. The molecule has 0 aromatic heterocycles. The van der Waals surface area contributed by atoms with Crippen molar-refractivity contribution in [2.75, 3.05) is 38.7 Å². The van der Waals surface area contributed by atoms with Gasteiger partial charge in [0.1, 0.15) is 0 Å². The predicted octanol–water partition coefficient (Wildman–Crippen LogP) is 0.357. The van der Waals surface area contributed by atoms with Crippen molar-refractivity contribution in [3.63, 3.8) is 0 Å². The number of aliphatic carboxylic acids is 1. The van der Waals surface area contributed by atoms with E-state index in [0.29, 0.717) is 19.5 Å². The number of rotatable bonds is 5. The van der Waals surface area contributed by atoms with Gasteiger partial charge in [-0.1, -0.05) is 0 Å². The normalized spacial score (nSPS) is 20.6. The fourth-order valence-corrected chi connectivity index (χ4v) is 2.88. The maximum atomic E-state index is 12.0. The molecule has 17 heavy (non-hydrogen) atoms. The van der Waals surface area contributed by atoms with Crippen LogP contribution in [0.1, 0.15) is 12.8 Å². The highest BCUT2D eigenvalue weighted by Gasteiger charge is 2.28. The summed E-state index contributed by atoms with van der Waals surface area (Å²) in [6.07, 6.45) is 0.522. The number of thioether (sulfide) groups is 1. The van der Waals surface area contributed by atoms with E-state index >= 15 is 0 Å². The molecule has 1 rings (SSSR count). The fraction of sp³-hybridized carbons (Fsp3) is 0.818. The second kappa shape index (κ2) is 6.86. The van der Waals surface area contributed by atoms with Gasteiger partial charge in [-0.15, -0.1) is 0 Å². The Morgan fingerprint density at radius 2 is 2.18 bits per heavy atom. The Kier molecular flexibility index (Phi) is 5.77. The molecule has 0 aromatic carbocycles. The Labute approximate surface area is 106 Å². The van der Waals surface area contributed by atoms with Crippen molar-refractivity contribution < 1.29 is 14.7 Å². The van der Waals surface area contributed by atoms with Crippen LogP contribution < -0.4 is 0 Å². The maximum absolute atomic E-state index is 12.0. The number of carbonyl (C=O) groups excluding carboxylic acids is 1. The molecule has 1 N–H and O–H groups in total. The number of hydrogen-bond acceptors (Lipinski definition) is 4. The van der Waals surface area contributed by atoms with Crippen LogP contribution in [0.3, 0.4) is 0 Å². The maximum Gasteiger partial charge on any atom is 0.305 e. The van der Waals surface area contributed by atoms with Gasteiger partial charge in [-0.3, -0.25) is 9.59 Å². The van der Waals surface area contributed by atoms with Crippen LogP contribution >= 0.6 is 11.8 Å². The van der Waals surface area contributed by atoms with Crippen LogP contribution in [0.2, 0.25) is 0 Å². The molecule has 6 heteroatoms. The van der Waals surface area contributed by atoms with Gasteiger partial charge >= 0.3 is 5.97 Å². The van der Waals surface area contributed by atoms with Crippen LogP contribution in [0.5, 0.6) is 0 Å². The summed E-state index contributed by atoms with van der Waals surface area (Å²) >= 11 is 1.72. The van der Waals surface area contributed by atoms with Gasteiger partial charge in [0.2, 0.25) is 5.91 Å². The Bertz CT molecular complexity index is 284. The van der Waals surface area contributed by atoms with Crippen molar-refractivity contribution in [3.8, 4) is 0 Å². The van der Waals surface area contributed by atoms with Crippen LogP contribution in [0.15, 0.2) is 0 Å². The third kappa shape index (κ3) is 4.95. The van der Waals surface area contributed by atoms with Gasteiger partial charge in [-0.2, -0.15) is 11.8 Å². The van der Waals surface area contributed by atoms with Crippen molar-refractivity contribution in [1.82, 2.24) is 9.80 Å². The van der Waals surface area contributed by atoms with Gasteiger partial charge in [0, 0.05) is 31.0 Å². The van der Waals surface area contributed by atoms with E-state index in [1.54, 1.807) is 16.7 Å². The van der Waals surface area contributed by atoms with Crippen molar-refractivity contribution in [2.45, 2.75) is 18.9 Å². The summed E-state index contributed by atoms with van der Waals surface area (Å²) in [6.45, 7) is 1.39. The second-order valence-electron chi connectivity index (χ2n) is 4.47. The van der Waals surface area contributed by atoms with Crippen molar-refractivity contribution in [1.29, 1.82) is 0 Å². The zero-order valence-electron chi connectivity index (χ0n) is 10.4. The highest BCUT2D eigenvalue weighted by Crippen LogP contribution is 2.19. The molecule has 0 aromatic rings. The average molecular weight is 260 g/mol. The first-order valence-electron chi connectivity index (χ1n) is 5.74. The number of carboxylic acid groups (broad SMARTS) is 1. The van der Waals surface area contributed by atoms with E-state index in [0.717, 1.165) is 11.5 Å². The third-order valence-electron chi connectivity index (χ3n) is 2.73.